The second-order valence-corrected chi connectivity index (χ2v) is 6.75. The van der Waals surface area contributed by atoms with E-state index in [4.69, 9.17) is 4.42 Å². The summed E-state index contributed by atoms with van der Waals surface area (Å²) in [6.45, 7) is 0. The molecule has 27 heavy (non-hydrogen) atoms. The van der Waals surface area contributed by atoms with Crippen molar-refractivity contribution in [1.82, 2.24) is 0 Å². The Hall–Kier alpha value is -3.25. The van der Waals surface area contributed by atoms with E-state index in [1.807, 2.05) is 23.6 Å². The van der Waals surface area contributed by atoms with Crippen molar-refractivity contribution in [1.29, 1.82) is 0 Å². The molecule has 0 fully saturated rings. The van der Waals surface area contributed by atoms with Crippen LogP contribution in [0.4, 0.5) is 14.5 Å². The van der Waals surface area contributed by atoms with Gasteiger partial charge in [-0.1, -0.05) is 18.2 Å². The number of hydrogen-bond acceptors (Lipinski definition) is 3. The van der Waals surface area contributed by atoms with Crippen LogP contribution in [0.15, 0.2) is 76.9 Å². The second-order valence-electron chi connectivity index (χ2n) is 5.84. The Balaban J connectivity index is 1.52. The van der Waals surface area contributed by atoms with Crippen molar-refractivity contribution >= 4 is 22.9 Å². The van der Waals surface area contributed by atoms with Crippen molar-refractivity contribution in [2.24, 2.45) is 0 Å². The smallest absolute Gasteiger partial charge is 0.261 e. The number of carbonyl (C=O) groups excluding carboxylic acids is 1. The highest BCUT2D eigenvalue weighted by molar-refractivity contribution is 7.14. The number of rotatable bonds is 4. The van der Waals surface area contributed by atoms with Crippen LogP contribution in [0.3, 0.4) is 0 Å². The molecule has 0 saturated heterocycles. The molecule has 3 nitrogen and oxygen atoms in total. The number of hydrogen-bond donors (Lipinski definition) is 1. The molecule has 0 spiro atoms. The summed E-state index contributed by atoms with van der Waals surface area (Å²) in [4.78, 5) is 13.2. The third kappa shape index (κ3) is 3.52. The third-order valence-electron chi connectivity index (χ3n) is 4.07. The van der Waals surface area contributed by atoms with Gasteiger partial charge in [0.15, 0.2) is 0 Å². The Kier molecular flexibility index (Phi) is 4.56. The minimum Gasteiger partial charge on any atom is -0.472 e. The van der Waals surface area contributed by atoms with E-state index in [0.29, 0.717) is 5.69 Å². The zero-order valence-corrected chi connectivity index (χ0v) is 14.7. The summed E-state index contributed by atoms with van der Waals surface area (Å²) in [6.07, 6.45) is 3.32. The van der Waals surface area contributed by atoms with Crippen LogP contribution in [0.5, 0.6) is 0 Å². The Labute approximate surface area is 157 Å². The molecule has 2 aromatic carbocycles. The van der Waals surface area contributed by atoms with Crippen LogP contribution in [0.25, 0.3) is 21.6 Å². The zero-order valence-electron chi connectivity index (χ0n) is 13.9. The van der Waals surface area contributed by atoms with Gasteiger partial charge in [0, 0.05) is 16.1 Å². The first-order chi connectivity index (χ1) is 13.1. The number of amides is 1. The third-order valence-corrected chi connectivity index (χ3v) is 5.05. The van der Waals surface area contributed by atoms with Crippen molar-refractivity contribution in [2.45, 2.75) is 0 Å². The molecule has 0 aliphatic carbocycles. The molecule has 0 radical (unpaired) electrons. The predicted octanol–water partition coefficient (Wildman–Crippen LogP) is 6.21. The van der Waals surface area contributed by atoms with Crippen LogP contribution in [0.1, 0.15) is 10.4 Å². The molecule has 6 heteroatoms. The van der Waals surface area contributed by atoms with Gasteiger partial charge in [0.1, 0.15) is 17.2 Å². The van der Waals surface area contributed by atoms with Crippen LogP contribution in [-0.2, 0) is 0 Å². The molecule has 2 heterocycles. The van der Waals surface area contributed by atoms with E-state index in [9.17, 15) is 13.6 Å². The average Bonchev–Trinajstić information content (AvgIpc) is 3.34. The molecule has 4 rings (SSSR count). The Bertz CT molecular complexity index is 1070. The van der Waals surface area contributed by atoms with E-state index in [-0.39, 0.29) is 0 Å². The van der Waals surface area contributed by atoms with Gasteiger partial charge in [-0.05, 0) is 52.9 Å². The summed E-state index contributed by atoms with van der Waals surface area (Å²) >= 11 is 1.60. The number of halogens is 2. The number of benzene rings is 2. The van der Waals surface area contributed by atoms with Gasteiger partial charge in [-0.2, -0.15) is 0 Å². The van der Waals surface area contributed by atoms with Crippen molar-refractivity contribution in [2.75, 3.05) is 5.32 Å². The van der Waals surface area contributed by atoms with Gasteiger partial charge in [0.05, 0.1) is 12.5 Å². The summed E-state index contributed by atoms with van der Waals surface area (Å²) in [5.74, 6) is -2.61. The van der Waals surface area contributed by atoms with Crippen molar-refractivity contribution in [3.8, 4) is 21.6 Å². The van der Waals surface area contributed by atoms with Gasteiger partial charge in [-0.15, -0.1) is 11.3 Å². The largest absolute Gasteiger partial charge is 0.472 e. The van der Waals surface area contributed by atoms with E-state index in [0.717, 1.165) is 33.7 Å². The van der Waals surface area contributed by atoms with Gasteiger partial charge in [0.2, 0.25) is 0 Å². The summed E-state index contributed by atoms with van der Waals surface area (Å²) in [5, 5.41) is 4.55. The summed E-state index contributed by atoms with van der Waals surface area (Å²) in [7, 11) is 0. The van der Waals surface area contributed by atoms with Crippen molar-refractivity contribution in [3.05, 3.63) is 89.7 Å². The topological polar surface area (TPSA) is 42.2 Å². The fourth-order valence-electron chi connectivity index (χ4n) is 2.70. The lowest BCUT2D eigenvalue weighted by atomic mass is 10.1. The monoisotopic (exact) mass is 381 g/mol. The lowest BCUT2D eigenvalue weighted by molar-refractivity contribution is 0.101. The Morgan fingerprint density at radius 1 is 0.926 bits per heavy atom. The van der Waals surface area contributed by atoms with Crippen LogP contribution in [0.2, 0.25) is 0 Å². The highest BCUT2D eigenvalue weighted by atomic mass is 32.1. The van der Waals surface area contributed by atoms with E-state index in [1.54, 1.807) is 36.0 Å². The molecular formula is C21H13F2NO2S. The summed E-state index contributed by atoms with van der Waals surface area (Å²) < 4.78 is 32.5. The number of furan rings is 1. The SMILES string of the molecule is O=C(Nc1ccc(-c2csc(-c3ccoc3)c2)cc1)c1c(F)cccc1F. The lowest BCUT2D eigenvalue weighted by Crippen LogP contribution is -2.15. The molecule has 1 N–H and O–H groups in total. The fraction of sp³-hybridized carbons (Fsp3) is 0. The summed E-state index contributed by atoms with van der Waals surface area (Å²) in [6, 6.07) is 14.3. The standard InChI is InChI=1S/C21H13F2NO2S/c22-17-2-1-3-18(23)20(17)21(25)24-16-6-4-13(5-7-16)15-10-19(27-12-15)14-8-9-26-11-14/h1-12H,(H,24,25). The molecule has 0 atom stereocenters. The number of carbonyl (C=O) groups is 1. The molecule has 0 bridgehead atoms. The number of anilines is 1. The lowest BCUT2D eigenvalue weighted by Gasteiger charge is -2.08. The van der Waals surface area contributed by atoms with Crippen LogP contribution in [0, 0.1) is 11.6 Å². The molecule has 4 aromatic rings. The first-order valence-electron chi connectivity index (χ1n) is 8.09. The average molecular weight is 381 g/mol. The van der Waals surface area contributed by atoms with Crippen LogP contribution < -0.4 is 5.32 Å². The van der Waals surface area contributed by atoms with Gasteiger partial charge in [-0.3, -0.25) is 4.79 Å². The normalized spacial score (nSPS) is 10.7. The molecule has 134 valence electrons. The minimum atomic E-state index is -0.894. The van der Waals surface area contributed by atoms with Gasteiger partial charge in [-0.25, -0.2) is 8.78 Å². The Morgan fingerprint density at radius 2 is 1.67 bits per heavy atom. The van der Waals surface area contributed by atoms with Crippen molar-refractivity contribution in [3.63, 3.8) is 0 Å². The van der Waals surface area contributed by atoms with Gasteiger partial charge in [0.25, 0.3) is 5.91 Å². The predicted molar refractivity (Wildman–Crippen MR) is 102 cm³/mol. The Morgan fingerprint density at radius 3 is 2.33 bits per heavy atom. The number of nitrogens with one attached hydrogen (secondary N) is 1. The maximum Gasteiger partial charge on any atom is 0.261 e. The zero-order chi connectivity index (χ0) is 18.8. The molecule has 0 saturated carbocycles. The van der Waals surface area contributed by atoms with Gasteiger partial charge >= 0.3 is 0 Å². The maximum atomic E-state index is 13.7. The van der Waals surface area contributed by atoms with E-state index >= 15 is 0 Å². The quantitative estimate of drug-likeness (QED) is 0.457. The van der Waals surface area contributed by atoms with Crippen LogP contribution >= 0.6 is 11.3 Å². The van der Waals surface area contributed by atoms with E-state index in [2.05, 4.69) is 11.4 Å². The first-order valence-corrected chi connectivity index (χ1v) is 8.97. The second kappa shape index (κ2) is 7.17. The van der Waals surface area contributed by atoms with E-state index in [1.165, 1.54) is 6.07 Å². The van der Waals surface area contributed by atoms with Crippen LogP contribution in [-0.4, -0.2) is 5.91 Å². The molecular weight excluding hydrogens is 368 g/mol. The molecule has 0 aliphatic heterocycles. The van der Waals surface area contributed by atoms with E-state index < -0.39 is 23.1 Å². The highest BCUT2D eigenvalue weighted by Gasteiger charge is 2.17. The fourth-order valence-corrected chi connectivity index (χ4v) is 3.60. The molecule has 0 unspecified atom stereocenters. The first kappa shape index (κ1) is 17.2. The maximum absolute atomic E-state index is 13.7. The molecule has 1 amide bonds. The molecule has 0 aliphatic rings. The minimum absolute atomic E-state index is 0.455. The van der Waals surface area contributed by atoms with Gasteiger partial charge < -0.3 is 9.73 Å². The number of thiophene rings is 1. The van der Waals surface area contributed by atoms with Crippen molar-refractivity contribution < 1.29 is 18.0 Å². The molecule has 2 aromatic heterocycles. The summed E-state index contributed by atoms with van der Waals surface area (Å²) in [5.41, 5.74) is 2.88. The highest BCUT2D eigenvalue weighted by Crippen LogP contribution is 2.33.